The predicted molar refractivity (Wildman–Crippen MR) is 162 cm³/mol. The summed E-state index contributed by atoms with van der Waals surface area (Å²) in [6.45, 7) is 11.9. The van der Waals surface area contributed by atoms with Crippen LogP contribution in [0.25, 0.3) is 0 Å². The third kappa shape index (κ3) is 5.20. The first-order valence-electron chi connectivity index (χ1n) is 14.1. The Bertz CT molecular complexity index is 1390. The SMILES string of the molecule is Cc1cc(C)nc(N2CCN(c3ccc(NC(=O)C(=O)C4(c5ccccc5)CC=C(C(C)C)N4C)cc3)CC2)c1. The van der Waals surface area contributed by atoms with Crippen molar-refractivity contribution >= 4 is 28.9 Å². The number of piperazine rings is 1. The number of aryl methyl sites for hydroxylation is 2. The summed E-state index contributed by atoms with van der Waals surface area (Å²) in [4.78, 5) is 38.6. The number of likely N-dealkylation sites (N-methyl/N-ethyl adjacent to an activating group) is 1. The largest absolute Gasteiger partial charge is 0.368 e. The summed E-state index contributed by atoms with van der Waals surface area (Å²) in [5, 5.41) is 2.87. The lowest BCUT2D eigenvalue weighted by Crippen LogP contribution is -2.51. The Hall–Kier alpha value is -4.13. The molecule has 1 unspecified atom stereocenters. The van der Waals surface area contributed by atoms with Crippen LogP contribution in [0.4, 0.5) is 17.2 Å². The second-order valence-electron chi connectivity index (χ2n) is 11.2. The van der Waals surface area contributed by atoms with Crippen LogP contribution < -0.4 is 15.1 Å². The highest BCUT2D eigenvalue weighted by molar-refractivity contribution is 6.43. The molecule has 0 radical (unpaired) electrons. The zero-order valence-corrected chi connectivity index (χ0v) is 24.1. The summed E-state index contributed by atoms with van der Waals surface area (Å²) >= 11 is 0. The topological polar surface area (TPSA) is 68.8 Å². The average molecular weight is 538 g/mol. The molecule has 0 spiro atoms. The molecule has 1 fully saturated rings. The van der Waals surface area contributed by atoms with Gasteiger partial charge in [-0.15, -0.1) is 0 Å². The van der Waals surface area contributed by atoms with Crippen molar-refractivity contribution in [2.45, 2.75) is 39.7 Å². The number of carbonyl (C=O) groups is 2. The second-order valence-corrected chi connectivity index (χ2v) is 11.2. The molecule has 208 valence electrons. The lowest BCUT2D eigenvalue weighted by molar-refractivity contribution is -0.141. The first-order valence-corrected chi connectivity index (χ1v) is 14.1. The highest BCUT2D eigenvalue weighted by Crippen LogP contribution is 2.43. The molecule has 0 bridgehead atoms. The summed E-state index contributed by atoms with van der Waals surface area (Å²) in [5.74, 6) is 0.236. The number of Topliss-reactive ketones (excluding diaryl/α,β-unsaturated/α-hetero) is 1. The number of benzene rings is 2. The molecular formula is C33H39N5O2. The Labute approximate surface area is 237 Å². The molecule has 40 heavy (non-hydrogen) atoms. The van der Waals surface area contributed by atoms with E-state index in [9.17, 15) is 9.59 Å². The zero-order chi connectivity index (χ0) is 28.4. The van der Waals surface area contributed by atoms with Crippen molar-refractivity contribution in [2.75, 3.05) is 48.3 Å². The van der Waals surface area contributed by atoms with Gasteiger partial charge < -0.3 is 20.0 Å². The molecule has 0 saturated carbocycles. The van der Waals surface area contributed by atoms with E-state index in [1.807, 2.05) is 73.5 Å². The lowest BCUT2D eigenvalue weighted by Gasteiger charge is -2.39. The van der Waals surface area contributed by atoms with Gasteiger partial charge in [-0.1, -0.05) is 50.3 Å². The van der Waals surface area contributed by atoms with E-state index in [1.54, 1.807) is 0 Å². The minimum absolute atomic E-state index is 0.248. The number of amides is 1. The van der Waals surface area contributed by atoms with Gasteiger partial charge in [0.15, 0.2) is 0 Å². The molecule has 0 aliphatic carbocycles. The summed E-state index contributed by atoms with van der Waals surface area (Å²) in [5.41, 5.74) is 4.83. The minimum Gasteiger partial charge on any atom is -0.368 e. The number of pyridine rings is 1. The van der Waals surface area contributed by atoms with E-state index in [2.05, 4.69) is 54.1 Å². The third-order valence-corrected chi connectivity index (χ3v) is 8.17. The van der Waals surface area contributed by atoms with Gasteiger partial charge in [0.25, 0.3) is 11.7 Å². The molecular weight excluding hydrogens is 498 g/mol. The molecule has 5 rings (SSSR count). The van der Waals surface area contributed by atoms with Gasteiger partial charge in [-0.05, 0) is 67.3 Å². The van der Waals surface area contributed by atoms with Crippen LogP contribution >= 0.6 is 0 Å². The lowest BCUT2D eigenvalue weighted by atomic mass is 9.82. The third-order valence-electron chi connectivity index (χ3n) is 8.17. The maximum Gasteiger partial charge on any atom is 0.294 e. The number of anilines is 3. The first kappa shape index (κ1) is 27.4. The molecule has 1 amide bonds. The van der Waals surface area contributed by atoms with Crippen LogP contribution in [0.15, 0.2) is 78.5 Å². The van der Waals surface area contributed by atoms with Crippen LogP contribution in [-0.4, -0.2) is 54.8 Å². The molecule has 2 aliphatic heterocycles. The molecule has 1 N–H and O–H groups in total. The number of nitrogens with one attached hydrogen (secondary N) is 1. The Kier molecular flexibility index (Phi) is 7.66. The smallest absolute Gasteiger partial charge is 0.294 e. The summed E-state index contributed by atoms with van der Waals surface area (Å²) in [6.07, 6.45) is 2.56. The van der Waals surface area contributed by atoms with Crippen molar-refractivity contribution in [3.8, 4) is 0 Å². The van der Waals surface area contributed by atoms with Crippen molar-refractivity contribution < 1.29 is 9.59 Å². The fourth-order valence-corrected chi connectivity index (χ4v) is 6.08. The van der Waals surface area contributed by atoms with Crippen LogP contribution in [0, 0.1) is 19.8 Å². The minimum atomic E-state index is -1.05. The number of allylic oxidation sites excluding steroid dienone is 1. The first-order chi connectivity index (χ1) is 19.2. The maximum atomic E-state index is 13.8. The Morgan fingerprint density at radius 3 is 2.15 bits per heavy atom. The predicted octanol–water partition coefficient (Wildman–Crippen LogP) is 5.30. The van der Waals surface area contributed by atoms with Gasteiger partial charge in [-0.25, -0.2) is 4.98 Å². The normalized spacial score (nSPS) is 19.1. The number of carbonyl (C=O) groups excluding carboxylic acids is 2. The van der Waals surface area contributed by atoms with Gasteiger partial charge in [-0.2, -0.15) is 0 Å². The van der Waals surface area contributed by atoms with Crippen LogP contribution in [-0.2, 0) is 15.1 Å². The number of ketones is 1. The maximum absolute atomic E-state index is 13.8. The van der Waals surface area contributed by atoms with Crippen LogP contribution in [0.3, 0.4) is 0 Å². The van der Waals surface area contributed by atoms with Gasteiger partial charge in [0.05, 0.1) is 0 Å². The van der Waals surface area contributed by atoms with Crippen molar-refractivity contribution in [1.82, 2.24) is 9.88 Å². The van der Waals surface area contributed by atoms with E-state index < -0.39 is 17.2 Å². The molecule has 2 aromatic carbocycles. The number of aromatic nitrogens is 1. The Morgan fingerprint density at radius 2 is 1.55 bits per heavy atom. The molecule has 3 aromatic rings. The van der Waals surface area contributed by atoms with Gasteiger partial charge >= 0.3 is 0 Å². The van der Waals surface area contributed by atoms with E-state index in [0.717, 1.165) is 54.6 Å². The molecule has 1 atom stereocenters. The Morgan fingerprint density at radius 1 is 0.900 bits per heavy atom. The van der Waals surface area contributed by atoms with Crippen molar-refractivity contribution in [3.05, 3.63) is 95.3 Å². The highest BCUT2D eigenvalue weighted by atomic mass is 16.2. The highest BCUT2D eigenvalue weighted by Gasteiger charge is 2.50. The molecule has 1 saturated heterocycles. The summed E-state index contributed by atoms with van der Waals surface area (Å²) in [6, 6.07) is 21.7. The zero-order valence-electron chi connectivity index (χ0n) is 24.1. The van der Waals surface area contributed by atoms with Crippen LogP contribution in [0.5, 0.6) is 0 Å². The fourth-order valence-electron chi connectivity index (χ4n) is 6.08. The molecule has 2 aliphatic rings. The van der Waals surface area contributed by atoms with Crippen LogP contribution in [0.1, 0.15) is 37.1 Å². The van der Waals surface area contributed by atoms with Gasteiger partial charge in [-0.3, -0.25) is 9.59 Å². The second kappa shape index (κ2) is 11.2. The molecule has 7 heteroatoms. The fraction of sp³-hybridized carbons (Fsp3) is 0.364. The van der Waals surface area contributed by atoms with E-state index >= 15 is 0 Å². The molecule has 7 nitrogen and oxygen atoms in total. The van der Waals surface area contributed by atoms with Gasteiger partial charge in [0, 0.05) is 62.4 Å². The molecule has 1 aromatic heterocycles. The van der Waals surface area contributed by atoms with E-state index in [1.165, 1.54) is 5.56 Å². The monoisotopic (exact) mass is 537 g/mol. The molecule has 3 heterocycles. The Balaban J connectivity index is 1.25. The van der Waals surface area contributed by atoms with Gasteiger partial charge in [0.1, 0.15) is 11.4 Å². The van der Waals surface area contributed by atoms with E-state index in [4.69, 9.17) is 4.98 Å². The number of nitrogens with zero attached hydrogens (tertiary/aromatic N) is 4. The summed E-state index contributed by atoms with van der Waals surface area (Å²) in [7, 11) is 1.92. The van der Waals surface area contributed by atoms with Gasteiger partial charge in [0.2, 0.25) is 0 Å². The standard InChI is InChI=1S/C33H39N5O2/c1-23(2)29-15-16-33(36(29)5,26-9-7-6-8-10-26)31(39)32(40)35-27-11-13-28(14-12-27)37-17-19-38(20-18-37)30-22-24(3)21-25(4)34-30/h6-15,21-23H,16-20H2,1-5H3,(H,35,40). The van der Waals surface area contributed by atoms with E-state index in [-0.39, 0.29) is 5.92 Å². The number of hydrogen-bond acceptors (Lipinski definition) is 6. The van der Waals surface area contributed by atoms with Crippen molar-refractivity contribution in [3.63, 3.8) is 0 Å². The van der Waals surface area contributed by atoms with Crippen molar-refractivity contribution in [2.24, 2.45) is 5.92 Å². The summed E-state index contributed by atoms with van der Waals surface area (Å²) < 4.78 is 0. The quantitative estimate of drug-likeness (QED) is 0.413. The number of rotatable bonds is 7. The van der Waals surface area contributed by atoms with E-state index in [0.29, 0.717) is 12.1 Å². The van der Waals surface area contributed by atoms with Crippen molar-refractivity contribution in [1.29, 1.82) is 0 Å². The van der Waals surface area contributed by atoms with Crippen LogP contribution in [0.2, 0.25) is 0 Å². The average Bonchev–Trinajstić information content (AvgIpc) is 3.31. The number of hydrogen-bond donors (Lipinski definition) is 1.